The summed E-state index contributed by atoms with van der Waals surface area (Å²) in [6.45, 7) is 4.36. The number of carbonyl (C=O) groups excluding carboxylic acids is 2. The highest BCUT2D eigenvalue weighted by Crippen LogP contribution is 2.30. The third-order valence-electron chi connectivity index (χ3n) is 5.99. The molecule has 9 nitrogen and oxygen atoms in total. The number of cyclic esters (lactones) is 1. The van der Waals surface area contributed by atoms with Crippen molar-refractivity contribution in [3.8, 4) is 22.6 Å². The van der Waals surface area contributed by atoms with E-state index in [4.69, 9.17) is 14.2 Å². The van der Waals surface area contributed by atoms with Gasteiger partial charge in [-0.05, 0) is 66.9 Å². The Balaban J connectivity index is 1.13. The molecule has 0 aliphatic carbocycles. The van der Waals surface area contributed by atoms with Gasteiger partial charge in [-0.25, -0.2) is 9.78 Å². The quantitative estimate of drug-likeness (QED) is 0.439. The van der Waals surface area contributed by atoms with Crippen LogP contribution >= 0.6 is 0 Å². The van der Waals surface area contributed by atoms with Gasteiger partial charge in [0.25, 0.3) is 5.91 Å². The third kappa shape index (κ3) is 5.41. The predicted octanol–water partition coefficient (Wildman–Crippen LogP) is 3.98. The summed E-state index contributed by atoms with van der Waals surface area (Å²) in [5.41, 5.74) is 3.42. The maximum absolute atomic E-state index is 12.4. The van der Waals surface area contributed by atoms with E-state index in [-0.39, 0.29) is 18.6 Å². The highest BCUT2D eigenvalue weighted by molar-refractivity contribution is 5.95. The van der Waals surface area contributed by atoms with E-state index in [0.29, 0.717) is 50.0 Å². The lowest BCUT2D eigenvalue weighted by molar-refractivity contribution is -0.118. The van der Waals surface area contributed by atoms with Gasteiger partial charge in [0, 0.05) is 6.54 Å². The standard InChI is InChI=1S/C27H28N4O5/c1-2-34-21-8-4-7-20(14-21)19-6-3-5-18(13-19)15-28-12-11-22-16-31(27(33)36-22)24-10-9-23-26(29-24)30-25(32)17-35-23/h3-10,13-14,22,28H,2,11-12,15-17H2,1H3,(H,29,30,32)/t22-/m0/s1. The van der Waals surface area contributed by atoms with Crippen LogP contribution in [0.25, 0.3) is 11.1 Å². The number of aromatic nitrogens is 1. The van der Waals surface area contributed by atoms with Gasteiger partial charge in [0.1, 0.15) is 17.7 Å². The molecule has 2 aromatic carbocycles. The van der Waals surface area contributed by atoms with Crippen LogP contribution in [0.4, 0.5) is 16.4 Å². The lowest BCUT2D eigenvalue weighted by Crippen LogP contribution is -2.29. The van der Waals surface area contributed by atoms with Gasteiger partial charge in [-0.15, -0.1) is 0 Å². The molecule has 0 saturated carbocycles. The van der Waals surface area contributed by atoms with E-state index in [2.05, 4.69) is 52.0 Å². The van der Waals surface area contributed by atoms with Crippen LogP contribution in [0.5, 0.6) is 11.5 Å². The van der Waals surface area contributed by atoms with Crippen molar-refractivity contribution in [1.29, 1.82) is 0 Å². The molecule has 3 heterocycles. The zero-order chi connectivity index (χ0) is 24.9. The fraction of sp³-hybridized carbons (Fsp3) is 0.296. The number of benzene rings is 2. The molecule has 0 spiro atoms. The number of fused-ring (bicyclic) bond motifs is 1. The zero-order valence-electron chi connectivity index (χ0n) is 20.0. The molecule has 2 amide bonds. The van der Waals surface area contributed by atoms with Crippen LogP contribution in [0.2, 0.25) is 0 Å². The molecule has 5 rings (SSSR count). The lowest BCUT2D eigenvalue weighted by atomic mass is 10.0. The Hall–Kier alpha value is -4.11. The monoisotopic (exact) mass is 488 g/mol. The minimum atomic E-state index is -0.447. The molecule has 0 radical (unpaired) electrons. The van der Waals surface area contributed by atoms with Crippen molar-refractivity contribution in [2.24, 2.45) is 0 Å². The first-order chi connectivity index (χ1) is 17.6. The van der Waals surface area contributed by atoms with Gasteiger partial charge >= 0.3 is 6.09 Å². The van der Waals surface area contributed by atoms with Gasteiger partial charge in [0.15, 0.2) is 18.2 Å². The second-order valence-corrected chi connectivity index (χ2v) is 8.60. The van der Waals surface area contributed by atoms with Crippen molar-refractivity contribution in [2.45, 2.75) is 26.0 Å². The number of rotatable bonds is 9. The van der Waals surface area contributed by atoms with E-state index < -0.39 is 6.09 Å². The number of nitrogens with one attached hydrogen (secondary N) is 2. The van der Waals surface area contributed by atoms with Crippen molar-refractivity contribution in [2.75, 3.05) is 36.5 Å². The second kappa shape index (κ2) is 10.7. The van der Waals surface area contributed by atoms with Gasteiger partial charge in [-0.1, -0.05) is 30.3 Å². The molecular weight excluding hydrogens is 460 g/mol. The Bertz CT molecular complexity index is 1260. The molecule has 3 aromatic rings. The Kier molecular flexibility index (Phi) is 6.99. The van der Waals surface area contributed by atoms with E-state index in [1.165, 1.54) is 10.5 Å². The first kappa shape index (κ1) is 23.6. The summed E-state index contributed by atoms with van der Waals surface area (Å²) in [5, 5.41) is 6.10. The largest absolute Gasteiger partial charge is 0.494 e. The van der Waals surface area contributed by atoms with Crippen LogP contribution in [0.3, 0.4) is 0 Å². The summed E-state index contributed by atoms with van der Waals surface area (Å²) in [7, 11) is 0. The molecule has 9 heteroatoms. The zero-order valence-corrected chi connectivity index (χ0v) is 20.0. The van der Waals surface area contributed by atoms with Crippen molar-refractivity contribution in [1.82, 2.24) is 10.3 Å². The van der Waals surface area contributed by atoms with Gasteiger partial charge in [0.2, 0.25) is 0 Å². The number of hydrogen-bond acceptors (Lipinski definition) is 7. The van der Waals surface area contributed by atoms with Crippen molar-refractivity contribution in [3.63, 3.8) is 0 Å². The molecule has 0 bridgehead atoms. The second-order valence-electron chi connectivity index (χ2n) is 8.60. The maximum atomic E-state index is 12.4. The maximum Gasteiger partial charge on any atom is 0.415 e. The number of pyridine rings is 1. The van der Waals surface area contributed by atoms with E-state index >= 15 is 0 Å². The van der Waals surface area contributed by atoms with Crippen LogP contribution in [-0.4, -0.2) is 49.4 Å². The molecular formula is C27H28N4O5. The molecule has 2 aliphatic rings. The average Bonchev–Trinajstić information content (AvgIpc) is 3.27. The molecule has 1 fully saturated rings. The summed E-state index contributed by atoms with van der Waals surface area (Å²) >= 11 is 0. The van der Waals surface area contributed by atoms with Gasteiger partial charge in [0.05, 0.1) is 13.2 Å². The minimum absolute atomic E-state index is 0.0414. The predicted molar refractivity (Wildman–Crippen MR) is 135 cm³/mol. The van der Waals surface area contributed by atoms with Crippen molar-refractivity contribution >= 4 is 23.6 Å². The number of ether oxygens (including phenoxy) is 3. The summed E-state index contributed by atoms with van der Waals surface area (Å²) < 4.78 is 16.5. The summed E-state index contributed by atoms with van der Waals surface area (Å²) in [5.74, 6) is 1.81. The fourth-order valence-corrected chi connectivity index (χ4v) is 4.25. The third-order valence-corrected chi connectivity index (χ3v) is 5.99. The molecule has 0 unspecified atom stereocenters. The van der Waals surface area contributed by atoms with Gasteiger partial charge < -0.3 is 24.8 Å². The molecule has 1 saturated heterocycles. The molecule has 2 N–H and O–H groups in total. The molecule has 36 heavy (non-hydrogen) atoms. The van der Waals surface area contributed by atoms with E-state index in [1.54, 1.807) is 12.1 Å². The van der Waals surface area contributed by atoms with Crippen molar-refractivity contribution < 1.29 is 23.8 Å². The first-order valence-corrected chi connectivity index (χ1v) is 12.0. The Labute approximate surface area is 209 Å². The van der Waals surface area contributed by atoms with Crippen LogP contribution < -0.4 is 25.0 Å². The number of amides is 2. The smallest absolute Gasteiger partial charge is 0.415 e. The Morgan fingerprint density at radius 2 is 1.94 bits per heavy atom. The summed E-state index contributed by atoms with van der Waals surface area (Å²) in [6.07, 6.45) is -0.0258. The number of anilines is 2. The van der Waals surface area contributed by atoms with Gasteiger partial charge in [-0.3, -0.25) is 9.69 Å². The normalized spacial score (nSPS) is 16.7. The first-order valence-electron chi connectivity index (χ1n) is 12.0. The number of hydrogen-bond donors (Lipinski definition) is 2. The fourth-order valence-electron chi connectivity index (χ4n) is 4.25. The van der Waals surface area contributed by atoms with Crippen LogP contribution in [0.15, 0.2) is 60.7 Å². The average molecular weight is 489 g/mol. The molecule has 186 valence electrons. The van der Waals surface area contributed by atoms with E-state index in [1.807, 2.05) is 19.1 Å². The van der Waals surface area contributed by atoms with Gasteiger partial charge in [-0.2, -0.15) is 0 Å². The number of nitrogens with zero attached hydrogens (tertiary/aromatic N) is 2. The Morgan fingerprint density at radius 1 is 1.11 bits per heavy atom. The van der Waals surface area contributed by atoms with Crippen LogP contribution in [0, 0.1) is 0 Å². The van der Waals surface area contributed by atoms with Crippen LogP contribution in [-0.2, 0) is 16.1 Å². The highest BCUT2D eigenvalue weighted by atomic mass is 16.6. The summed E-state index contributed by atoms with van der Waals surface area (Å²) in [6, 6.07) is 19.9. The number of carbonyl (C=O) groups is 2. The van der Waals surface area contributed by atoms with Crippen molar-refractivity contribution in [3.05, 3.63) is 66.2 Å². The van der Waals surface area contributed by atoms with Crippen LogP contribution in [0.1, 0.15) is 18.9 Å². The summed E-state index contributed by atoms with van der Waals surface area (Å²) in [4.78, 5) is 29.8. The van der Waals surface area contributed by atoms with E-state index in [9.17, 15) is 9.59 Å². The highest BCUT2D eigenvalue weighted by Gasteiger charge is 2.33. The molecule has 1 aromatic heterocycles. The SMILES string of the molecule is CCOc1cccc(-c2cccc(CNCC[C@H]3CN(c4ccc5c(n4)NC(=O)CO5)C(=O)O3)c2)c1. The topological polar surface area (TPSA) is 102 Å². The minimum Gasteiger partial charge on any atom is -0.494 e. The van der Waals surface area contributed by atoms with E-state index in [0.717, 1.165) is 16.9 Å². The molecule has 2 aliphatic heterocycles. The molecule has 1 atom stereocenters. The lowest BCUT2D eigenvalue weighted by Gasteiger charge is -2.19. The Morgan fingerprint density at radius 3 is 2.81 bits per heavy atom.